The molecule has 1 aliphatic heterocycles. The average molecular weight is 433 g/mol. The van der Waals surface area contributed by atoms with Crippen LogP contribution in [0.2, 0.25) is 0 Å². The largest absolute Gasteiger partial charge is 0.432 e. The minimum Gasteiger partial charge on any atom is -0.432 e. The van der Waals surface area contributed by atoms with E-state index in [4.69, 9.17) is 9.40 Å². The third kappa shape index (κ3) is 3.97. The van der Waals surface area contributed by atoms with Crippen LogP contribution in [0, 0.1) is 12.8 Å². The number of carbonyl (C=O) groups is 1. The highest BCUT2D eigenvalue weighted by Gasteiger charge is 2.34. The molecule has 0 spiro atoms. The van der Waals surface area contributed by atoms with Crippen molar-refractivity contribution in [2.75, 3.05) is 6.54 Å². The summed E-state index contributed by atoms with van der Waals surface area (Å²) in [6.07, 6.45) is 4.79. The monoisotopic (exact) mass is 432 g/mol. The lowest BCUT2D eigenvalue weighted by molar-refractivity contribution is 0.0493. The number of amides is 1. The van der Waals surface area contributed by atoms with E-state index in [0.717, 1.165) is 47.8 Å². The molecule has 2 unspecified atom stereocenters. The summed E-state index contributed by atoms with van der Waals surface area (Å²) in [7, 11) is 0. The maximum Gasteiger partial charge on any atom is 0.309 e. The summed E-state index contributed by atoms with van der Waals surface area (Å²) in [6, 6.07) is 11.7. The Kier molecular flexibility index (Phi) is 5.28. The maximum atomic E-state index is 13.1. The molecule has 0 aliphatic carbocycles. The molecule has 5 rings (SSSR count). The van der Waals surface area contributed by atoms with Gasteiger partial charge in [0.25, 0.3) is 5.89 Å². The van der Waals surface area contributed by atoms with E-state index >= 15 is 0 Å². The van der Waals surface area contributed by atoms with E-state index in [1.807, 2.05) is 48.4 Å². The molecule has 1 fully saturated rings. The Hall–Kier alpha value is -3.06. The first-order valence-corrected chi connectivity index (χ1v) is 11.5. The quantitative estimate of drug-likeness (QED) is 0.447. The van der Waals surface area contributed by atoms with Gasteiger partial charge in [0.2, 0.25) is 0 Å². The normalized spacial score (nSPS) is 19.1. The topological polar surface area (TPSA) is 72.1 Å². The second-order valence-corrected chi connectivity index (χ2v) is 9.09. The van der Waals surface area contributed by atoms with Gasteiger partial charge in [0.05, 0.1) is 10.7 Å². The maximum absolute atomic E-state index is 13.1. The number of hydrogen-bond donors (Lipinski definition) is 0. The Morgan fingerprint density at radius 1 is 1.23 bits per heavy atom. The molecule has 6 nitrogen and oxygen atoms in total. The van der Waals surface area contributed by atoms with Gasteiger partial charge in [-0.1, -0.05) is 12.1 Å². The fourth-order valence-corrected chi connectivity index (χ4v) is 5.15. The van der Waals surface area contributed by atoms with E-state index in [2.05, 4.69) is 28.3 Å². The number of pyridine rings is 1. The van der Waals surface area contributed by atoms with Crippen molar-refractivity contribution in [2.24, 2.45) is 5.92 Å². The number of para-hydroxylation sites is 2. The fraction of sp³-hybridized carbons (Fsp3) is 0.333. The summed E-state index contributed by atoms with van der Waals surface area (Å²) in [6.45, 7) is 4.84. The number of hydrogen-bond acceptors (Lipinski definition) is 6. The number of nitrogens with zero attached hydrogens (tertiary/aromatic N) is 4. The van der Waals surface area contributed by atoms with E-state index in [0.29, 0.717) is 17.0 Å². The summed E-state index contributed by atoms with van der Waals surface area (Å²) in [5.41, 5.74) is 4.37. The van der Waals surface area contributed by atoms with Gasteiger partial charge in [-0.2, -0.15) is 0 Å². The van der Waals surface area contributed by atoms with E-state index in [9.17, 15) is 4.79 Å². The number of carbonyl (C=O) groups excluding carboxylic acids is 1. The van der Waals surface area contributed by atoms with E-state index < -0.39 is 0 Å². The number of oxazole rings is 1. The Morgan fingerprint density at radius 2 is 2.10 bits per heavy atom. The molecular formula is C24H24N4O2S. The van der Waals surface area contributed by atoms with E-state index in [1.165, 1.54) is 0 Å². The highest BCUT2D eigenvalue weighted by molar-refractivity contribution is 7.09. The van der Waals surface area contributed by atoms with Crippen molar-refractivity contribution >= 4 is 28.3 Å². The van der Waals surface area contributed by atoms with Crippen molar-refractivity contribution < 1.29 is 9.21 Å². The summed E-state index contributed by atoms with van der Waals surface area (Å²) in [5.74, 6) is 0.410. The van der Waals surface area contributed by atoms with Gasteiger partial charge in [-0.05, 0) is 56.9 Å². The van der Waals surface area contributed by atoms with Crippen LogP contribution in [-0.4, -0.2) is 38.3 Å². The molecule has 4 heterocycles. The van der Waals surface area contributed by atoms with Crippen LogP contribution in [0.5, 0.6) is 0 Å². The van der Waals surface area contributed by atoms with Crippen LogP contribution < -0.4 is 0 Å². The van der Waals surface area contributed by atoms with Crippen molar-refractivity contribution in [1.29, 1.82) is 0 Å². The first-order chi connectivity index (χ1) is 15.1. The molecule has 31 heavy (non-hydrogen) atoms. The first-order valence-electron chi connectivity index (χ1n) is 10.6. The number of aromatic nitrogens is 3. The molecule has 1 aromatic carbocycles. The zero-order valence-electron chi connectivity index (χ0n) is 17.6. The minimum absolute atomic E-state index is 0.102. The number of likely N-dealkylation sites (tertiary alicyclic amines) is 1. The number of rotatable bonds is 4. The first kappa shape index (κ1) is 19.9. The molecule has 0 N–H and O–H groups in total. The van der Waals surface area contributed by atoms with Crippen LogP contribution in [0.3, 0.4) is 0 Å². The minimum atomic E-state index is -0.126. The molecule has 0 radical (unpaired) electrons. The Bertz CT molecular complexity index is 1180. The predicted octanol–water partition coefficient (Wildman–Crippen LogP) is 5.14. The zero-order valence-corrected chi connectivity index (χ0v) is 18.4. The second kappa shape index (κ2) is 8.23. The molecule has 7 heteroatoms. The Labute approximate surface area is 185 Å². The van der Waals surface area contributed by atoms with Crippen LogP contribution in [0.25, 0.3) is 22.4 Å². The van der Waals surface area contributed by atoms with E-state index in [-0.39, 0.29) is 17.8 Å². The van der Waals surface area contributed by atoms with E-state index in [1.54, 1.807) is 11.3 Å². The number of fused-ring (bicyclic) bond motifs is 1. The third-order valence-electron chi connectivity index (χ3n) is 6.08. The van der Waals surface area contributed by atoms with Crippen molar-refractivity contribution in [3.63, 3.8) is 0 Å². The summed E-state index contributed by atoms with van der Waals surface area (Å²) < 4.78 is 5.73. The molecule has 0 bridgehead atoms. The number of thiazole rings is 1. The molecule has 1 amide bonds. The average Bonchev–Trinajstić information content (AvgIpc) is 3.42. The van der Waals surface area contributed by atoms with Crippen molar-refractivity contribution in [3.8, 4) is 11.3 Å². The molecule has 4 aromatic rings. The van der Waals surface area contributed by atoms with Gasteiger partial charge >= 0.3 is 5.91 Å². The lowest BCUT2D eigenvalue weighted by atomic mass is 9.87. The van der Waals surface area contributed by atoms with Gasteiger partial charge in [0.15, 0.2) is 5.58 Å². The van der Waals surface area contributed by atoms with Crippen molar-refractivity contribution in [2.45, 2.75) is 39.2 Å². The third-order valence-corrected chi connectivity index (χ3v) is 6.95. The molecular weight excluding hydrogens is 408 g/mol. The molecule has 2 atom stereocenters. The van der Waals surface area contributed by atoms with Gasteiger partial charge in [0, 0.05) is 41.8 Å². The van der Waals surface area contributed by atoms with Crippen LogP contribution in [0.1, 0.15) is 41.2 Å². The SMILES string of the molecule is Cc1ccc(-c2csc(CC3CCCN(C(=O)c4nc5ccccc5o4)C3C)n2)cn1. The van der Waals surface area contributed by atoms with Gasteiger partial charge in [-0.25, -0.2) is 9.97 Å². The molecule has 1 saturated heterocycles. The summed E-state index contributed by atoms with van der Waals surface area (Å²) >= 11 is 1.68. The molecule has 3 aromatic heterocycles. The van der Waals surface area contributed by atoms with Gasteiger partial charge in [0.1, 0.15) is 5.52 Å². The Balaban J connectivity index is 1.31. The fourth-order valence-electron chi connectivity index (χ4n) is 4.25. The Morgan fingerprint density at radius 3 is 2.90 bits per heavy atom. The van der Waals surface area contributed by atoms with Gasteiger partial charge in [-0.15, -0.1) is 11.3 Å². The highest BCUT2D eigenvalue weighted by atomic mass is 32.1. The van der Waals surface area contributed by atoms with Gasteiger partial charge < -0.3 is 9.32 Å². The number of benzene rings is 1. The smallest absolute Gasteiger partial charge is 0.309 e. The van der Waals surface area contributed by atoms with Crippen LogP contribution in [-0.2, 0) is 6.42 Å². The molecule has 1 aliphatic rings. The summed E-state index contributed by atoms with van der Waals surface area (Å²) in [4.78, 5) is 28.7. The van der Waals surface area contributed by atoms with Crippen LogP contribution in [0.4, 0.5) is 0 Å². The highest BCUT2D eigenvalue weighted by Crippen LogP contribution is 2.31. The van der Waals surface area contributed by atoms with Crippen molar-refractivity contribution in [1.82, 2.24) is 19.9 Å². The van der Waals surface area contributed by atoms with Gasteiger partial charge in [-0.3, -0.25) is 9.78 Å². The number of aryl methyl sites for hydroxylation is 1. The molecule has 0 saturated carbocycles. The standard InChI is InChI=1S/C24H24N4O2S/c1-15-9-10-18(13-25-15)20-14-31-22(26-20)12-17-6-5-11-28(16(17)2)24(29)23-27-19-7-3-4-8-21(19)30-23/h3-4,7-10,13-14,16-17H,5-6,11-12H2,1-2H3. The van der Waals surface area contributed by atoms with Crippen LogP contribution in [0.15, 0.2) is 52.4 Å². The molecule has 158 valence electrons. The number of piperidine rings is 1. The lowest BCUT2D eigenvalue weighted by Gasteiger charge is -2.38. The summed E-state index contributed by atoms with van der Waals surface area (Å²) in [5, 5.41) is 3.19. The zero-order chi connectivity index (χ0) is 21.4. The lowest BCUT2D eigenvalue weighted by Crippen LogP contribution is -2.47. The van der Waals surface area contributed by atoms with Crippen LogP contribution >= 0.6 is 11.3 Å². The second-order valence-electron chi connectivity index (χ2n) is 8.15. The predicted molar refractivity (Wildman–Crippen MR) is 121 cm³/mol. The van der Waals surface area contributed by atoms with Crippen molar-refractivity contribution in [3.05, 3.63) is 64.6 Å².